The highest BCUT2D eigenvalue weighted by Crippen LogP contribution is 2.42. The molecule has 0 aromatic rings. The van der Waals surface area contributed by atoms with Gasteiger partial charge in [0.25, 0.3) is 0 Å². The molecule has 1 N–H and O–H groups in total. The van der Waals surface area contributed by atoms with Crippen LogP contribution in [0, 0.1) is 5.41 Å². The van der Waals surface area contributed by atoms with Crippen LogP contribution < -0.4 is 0 Å². The van der Waals surface area contributed by atoms with Gasteiger partial charge in [0.1, 0.15) is 0 Å². The number of hydrogen-bond donors (Lipinski definition) is 1. The van der Waals surface area contributed by atoms with Gasteiger partial charge >= 0.3 is 11.9 Å². The number of esters is 1. The average Bonchev–Trinajstić information content (AvgIpc) is 2.10. The van der Waals surface area contributed by atoms with Gasteiger partial charge in [-0.25, -0.2) is 0 Å². The van der Waals surface area contributed by atoms with E-state index in [0.717, 1.165) is 25.7 Å². The quantitative estimate of drug-likeness (QED) is 0.417. The van der Waals surface area contributed by atoms with Gasteiger partial charge in [0.05, 0.1) is 6.61 Å². The summed E-state index contributed by atoms with van der Waals surface area (Å²) in [6.07, 6.45) is 4.53. The summed E-state index contributed by atoms with van der Waals surface area (Å²) >= 11 is 0. The molecule has 15 heavy (non-hydrogen) atoms. The van der Waals surface area contributed by atoms with E-state index in [4.69, 9.17) is 9.84 Å². The van der Waals surface area contributed by atoms with Gasteiger partial charge in [0.15, 0.2) is 5.41 Å². The van der Waals surface area contributed by atoms with Crippen LogP contribution in [0.2, 0.25) is 0 Å². The van der Waals surface area contributed by atoms with Crippen molar-refractivity contribution in [3.63, 3.8) is 0 Å². The smallest absolute Gasteiger partial charge is 0.323 e. The zero-order valence-corrected chi connectivity index (χ0v) is 9.12. The van der Waals surface area contributed by atoms with Crippen LogP contribution in [0.5, 0.6) is 0 Å². The molecule has 0 atom stereocenters. The lowest BCUT2D eigenvalue weighted by Gasteiger charge is -2.34. The van der Waals surface area contributed by atoms with Crippen LogP contribution in [0.25, 0.3) is 0 Å². The van der Waals surface area contributed by atoms with E-state index in [1.54, 1.807) is 0 Å². The van der Waals surface area contributed by atoms with E-state index in [2.05, 4.69) is 6.92 Å². The van der Waals surface area contributed by atoms with Gasteiger partial charge in [-0.3, -0.25) is 9.59 Å². The van der Waals surface area contributed by atoms with Gasteiger partial charge in [-0.1, -0.05) is 19.8 Å². The first-order valence-corrected chi connectivity index (χ1v) is 5.54. The molecule has 0 aromatic carbocycles. The fourth-order valence-electron chi connectivity index (χ4n) is 1.69. The minimum atomic E-state index is -1.22. The third-order valence-electron chi connectivity index (χ3n) is 2.99. The van der Waals surface area contributed by atoms with Crippen molar-refractivity contribution < 1.29 is 19.4 Å². The van der Waals surface area contributed by atoms with E-state index in [0.29, 0.717) is 19.4 Å². The predicted molar refractivity (Wildman–Crippen MR) is 54.4 cm³/mol. The molecule has 0 aromatic heterocycles. The van der Waals surface area contributed by atoms with Crippen LogP contribution in [0.4, 0.5) is 0 Å². The number of ether oxygens (including phenoxy) is 1. The number of hydrogen-bond acceptors (Lipinski definition) is 3. The van der Waals surface area contributed by atoms with Gasteiger partial charge in [-0.2, -0.15) is 0 Å². The fourth-order valence-corrected chi connectivity index (χ4v) is 1.69. The van der Waals surface area contributed by atoms with Crippen molar-refractivity contribution in [1.82, 2.24) is 0 Å². The Kier molecular flexibility index (Phi) is 4.12. The topological polar surface area (TPSA) is 63.6 Å². The molecule has 1 aliphatic carbocycles. The van der Waals surface area contributed by atoms with Crippen LogP contribution in [-0.4, -0.2) is 23.7 Å². The van der Waals surface area contributed by atoms with E-state index >= 15 is 0 Å². The Morgan fingerprint density at radius 2 is 2.00 bits per heavy atom. The molecule has 0 heterocycles. The van der Waals surface area contributed by atoms with Crippen molar-refractivity contribution in [2.24, 2.45) is 5.41 Å². The molecule has 0 amide bonds. The molecule has 0 spiro atoms. The summed E-state index contributed by atoms with van der Waals surface area (Å²) in [6.45, 7) is 2.41. The van der Waals surface area contributed by atoms with E-state index < -0.39 is 17.4 Å². The molecule has 1 aliphatic rings. The number of rotatable bonds is 6. The Balaban J connectivity index is 2.35. The molecule has 1 rings (SSSR count). The lowest BCUT2D eigenvalue weighted by Crippen LogP contribution is -2.46. The third-order valence-corrected chi connectivity index (χ3v) is 2.99. The molecule has 0 bridgehead atoms. The number of unbranched alkanes of at least 4 members (excludes halogenated alkanes) is 2. The van der Waals surface area contributed by atoms with Crippen molar-refractivity contribution in [2.75, 3.05) is 6.61 Å². The summed E-state index contributed by atoms with van der Waals surface area (Å²) in [6, 6.07) is 0. The van der Waals surface area contributed by atoms with E-state index in [1.165, 1.54) is 0 Å². The summed E-state index contributed by atoms with van der Waals surface area (Å²) in [5, 5.41) is 8.96. The van der Waals surface area contributed by atoms with E-state index in [-0.39, 0.29) is 0 Å². The molecule has 1 fully saturated rings. The van der Waals surface area contributed by atoms with Gasteiger partial charge in [-0.15, -0.1) is 0 Å². The average molecular weight is 214 g/mol. The minimum Gasteiger partial charge on any atom is -0.480 e. The molecular weight excluding hydrogens is 196 g/mol. The molecule has 0 saturated heterocycles. The number of carbonyl (C=O) groups excluding carboxylic acids is 1. The Hall–Kier alpha value is -1.06. The fraction of sp³-hybridized carbons (Fsp3) is 0.818. The SMILES string of the molecule is CCCCCOC(=O)C1(C(=O)O)CCC1. The third kappa shape index (κ3) is 2.49. The Labute approximate surface area is 89.6 Å². The Morgan fingerprint density at radius 3 is 2.40 bits per heavy atom. The van der Waals surface area contributed by atoms with Gasteiger partial charge in [-0.05, 0) is 25.7 Å². The van der Waals surface area contributed by atoms with Crippen molar-refractivity contribution in [3.8, 4) is 0 Å². The first-order valence-electron chi connectivity index (χ1n) is 5.54. The Bertz CT molecular complexity index is 243. The summed E-state index contributed by atoms with van der Waals surface area (Å²) in [5.74, 6) is -1.58. The minimum absolute atomic E-state index is 0.349. The molecule has 86 valence electrons. The highest BCUT2D eigenvalue weighted by molar-refractivity contribution is 6.00. The van der Waals surface area contributed by atoms with Gasteiger partial charge in [0.2, 0.25) is 0 Å². The molecule has 1 saturated carbocycles. The maximum absolute atomic E-state index is 11.5. The van der Waals surface area contributed by atoms with Crippen molar-refractivity contribution >= 4 is 11.9 Å². The second kappa shape index (κ2) is 5.14. The van der Waals surface area contributed by atoms with E-state index in [1.807, 2.05) is 0 Å². The molecular formula is C11H18O4. The number of carbonyl (C=O) groups is 2. The second-order valence-electron chi connectivity index (χ2n) is 4.08. The van der Waals surface area contributed by atoms with Crippen molar-refractivity contribution in [3.05, 3.63) is 0 Å². The van der Waals surface area contributed by atoms with Crippen LogP contribution in [0.3, 0.4) is 0 Å². The largest absolute Gasteiger partial charge is 0.480 e. The maximum Gasteiger partial charge on any atom is 0.323 e. The highest BCUT2D eigenvalue weighted by Gasteiger charge is 2.52. The van der Waals surface area contributed by atoms with Crippen LogP contribution in [0.15, 0.2) is 0 Å². The molecule has 0 aliphatic heterocycles. The zero-order valence-electron chi connectivity index (χ0n) is 9.12. The van der Waals surface area contributed by atoms with E-state index in [9.17, 15) is 9.59 Å². The first kappa shape index (κ1) is 12.0. The molecule has 4 nitrogen and oxygen atoms in total. The maximum atomic E-state index is 11.5. The monoisotopic (exact) mass is 214 g/mol. The predicted octanol–water partition coefficient (Wildman–Crippen LogP) is 1.97. The normalized spacial score (nSPS) is 17.9. The zero-order chi connectivity index (χ0) is 11.3. The number of aliphatic carboxylic acids is 1. The second-order valence-corrected chi connectivity index (χ2v) is 4.08. The summed E-state index contributed by atoms with van der Waals surface area (Å²) in [7, 11) is 0. The summed E-state index contributed by atoms with van der Waals surface area (Å²) < 4.78 is 4.99. The van der Waals surface area contributed by atoms with Crippen molar-refractivity contribution in [1.29, 1.82) is 0 Å². The Morgan fingerprint density at radius 1 is 1.33 bits per heavy atom. The lowest BCUT2D eigenvalue weighted by molar-refractivity contribution is -0.175. The first-order chi connectivity index (χ1) is 7.13. The van der Waals surface area contributed by atoms with Crippen molar-refractivity contribution in [2.45, 2.75) is 45.4 Å². The standard InChI is InChI=1S/C11H18O4/c1-2-3-4-8-15-10(14)11(9(12)13)6-5-7-11/h2-8H2,1H3,(H,12,13). The molecule has 0 unspecified atom stereocenters. The van der Waals surface area contributed by atoms with Gasteiger partial charge in [0, 0.05) is 0 Å². The lowest BCUT2D eigenvalue weighted by atomic mass is 9.69. The molecule has 0 radical (unpaired) electrons. The summed E-state index contributed by atoms with van der Waals surface area (Å²) in [5.41, 5.74) is -1.22. The van der Waals surface area contributed by atoms with Gasteiger partial charge < -0.3 is 9.84 Å². The van der Waals surface area contributed by atoms with Crippen LogP contribution in [0.1, 0.15) is 45.4 Å². The van der Waals surface area contributed by atoms with Crippen LogP contribution >= 0.6 is 0 Å². The number of carboxylic acids is 1. The van der Waals surface area contributed by atoms with Crippen LogP contribution in [-0.2, 0) is 14.3 Å². The highest BCUT2D eigenvalue weighted by atomic mass is 16.5. The molecule has 4 heteroatoms. The number of carboxylic acid groups (broad SMARTS) is 1. The summed E-state index contributed by atoms with van der Waals surface area (Å²) in [4.78, 5) is 22.5.